The lowest BCUT2D eigenvalue weighted by atomic mass is 9.63. The number of aliphatic hydroxyl groups is 1. The zero-order chi connectivity index (χ0) is 21.0. The van der Waals surface area contributed by atoms with Crippen LogP contribution in [0.15, 0.2) is 60.7 Å². The van der Waals surface area contributed by atoms with Crippen LogP contribution in [0.4, 0.5) is 18.9 Å². The number of rotatable bonds is 2. The van der Waals surface area contributed by atoms with Gasteiger partial charge in [-0.05, 0) is 46.4 Å². The Kier molecular flexibility index (Phi) is 4.31. The summed E-state index contributed by atoms with van der Waals surface area (Å²) in [5.74, 6) is -0.0676. The molecule has 2 atom stereocenters. The quantitative estimate of drug-likeness (QED) is 0.518. The highest BCUT2D eigenvalue weighted by molar-refractivity contribution is 5.85. The summed E-state index contributed by atoms with van der Waals surface area (Å²) in [5.41, 5.74) is -2.93. The van der Waals surface area contributed by atoms with Crippen LogP contribution in [-0.2, 0) is 5.41 Å². The minimum Gasteiger partial charge on any atom is -0.508 e. The van der Waals surface area contributed by atoms with Crippen LogP contribution in [0.25, 0.3) is 10.8 Å². The Morgan fingerprint density at radius 3 is 2.34 bits per heavy atom. The van der Waals surface area contributed by atoms with Gasteiger partial charge in [-0.1, -0.05) is 56.3 Å². The van der Waals surface area contributed by atoms with Crippen LogP contribution in [0, 0.1) is 0 Å². The Bertz CT molecular complexity index is 1080. The fourth-order valence-corrected chi connectivity index (χ4v) is 4.56. The van der Waals surface area contributed by atoms with E-state index in [1.807, 2.05) is 30.3 Å². The highest BCUT2D eigenvalue weighted by atomic mass is 19.4. The summed E-state index contributed by atoms with van der Waals surface area (Å²) in [5, 5.41) is 26.1. The Hall–Kier alpha value is -2.73. The van der Waals surface area contributed by atoms with Crippen LogP contribution >= 0.6 is 0 Å². The number of fused-ring (bicyclic) bond motifs is 2. The van der Waals surface area contributed by atoms with Crippen molar-refractivity contribution in [1.82, 2.24) is 0 Å². The van der Waals surface area contributed by atoms with E-state index in [9.17, 15) is 23.4 Å². The maximum Gasteiger partial charge on any atom is 0.419 e. The van der Waals surface area contributed by atoms with Gasteiger partial charge in [0.1, 0.15) is 5.75 Å². The normalized spacial score (nSPS) is 23.6. The Labute approximate surface area is 166 Å². The van der Waals surface area contributed by atoms with Gasteiger partial charge in [0, 0.05) is 11.3 Å². The maximum atomic E-state index is 14.1. The number of phenolic OH excluding ortho intramolecular Hbond substituents is 1. The first-order valence-corrected chi connectivity index (χ1v) is 9.40. The van der Waals surface area contributed by atoms with Crippen molar-refractivity contribution in [2.45, 2.75) is 43.5 Å². The van der Waals surface area contributed by atoms with Crippen LogP contribution < -0.4 is 5.32 Å². The van der Waals surface area contributed by atoms with Gasteiger partial charge >= 0.3 is 6.18 Å². The SMILES string of the molecule is CC1(C)CC(O)(C(F)(F)F)C(Nc2ccc3ccccc3c2)c2cccc(O)c21. The van der Waals surface area contributed by atoms with E-state index in [4.69, 9.17) is 0 Å². The summed E-state index contributed by atoms with van der Waals surface area (Å²) < 4.78 is 42.4. The molecule has 0 spiro atoms. The molecule has 2 unspecified atom stereocenters. The molecule has 6 heteroatoms. The van der Waals surface area contributed by atoms with E-state index in [2.05, 4.69) is 5.32 Å². The highest BCUT2D eigenvalue weighted by Gasteiger charge is 2.64. The second kappa shape index (κ2) is 6.39. The molecular formula is C23H22F3NO2. The van der Waals surface area contributed by atoms with Gasteiger partial charge in [-0.2, -0.15) is 13.2 Å². The summed E-state index contributed by atoms with van der Waals surface area (Å²) in [4.78, 5) is 0. The molecule has 0 bridgehead atoms. The molecule has 0 fully saturated rings. The van der Waals surface area contributed by atoms with Crippen molar-refractivity contribution in [3.05, 3.63) is 71.8 Å². The van der Waals surface area contributed by atoms with E-state index in [0.29, 0.717) is 11.3 Å². The average molecular weight is 401 g/mol. The lowest BCUT2D eigenvalue weighted by molar-refractivity contribution is -0.275. The van der Waals surface area contributed by atoms with Crippen molar-refractivity contribution in [2.24, 2.45) is 0 Å². The Morgan fingerprint density at radius 2 is 1.66 bits per heavy atom. The molecule has 0 aromatic heterocycles. The van der Waals surface area contributed by atoms with E-state index in [-0.39, 0.29) is 11.3 Å². The molecule has 0 radical (unpaired) electrons. The van der Waals surface area contributed by atoms with Gasteiger partial charge in [0.25, 0.3) is 0 Å². The van der Waals surface area contributed by atoms with E-state index in [1.54, 1.807) is 26.0 Å². The van der Waals surface area contributed by atoms with Crippen molar-refractivity contribution >= 4 is 16.5 Å². The third-order valence-corrected chi connectivity index (χ3v) is 5.80. The first-order valence-electron chi connectivity index (χ1n) is 9.40. The molecule has 3 nitrogen and oxygen atoms in total. The molecule has 0 aliphatic heterocycles. The third-order valence-electron chi connectivity index (χ3n) is 5.80. The van der Waals surface area contributed by atoms with Crippen molar-refractivity contribution in [3.63, 3.8) is 0 Å². The fourth-order valence-electron chi connectivity index (χ4n) is 4.56. The molecule has 0 heterocycles. The highest BCUT2D eigenvalue weighted by Crippen LogP contribution is 2.56. The van der Waals surface area contributed by atoms with Crippen LogP contribution in [-0.4, -0.2) is 22.0 Å². The summed E-state index contributed by atoms with van der Waals surface area (Å²) in [7, 11) is 0. The van der Waals surface area contributed by atoms with Crippen LogP contribution in [0.2, 0.25) is 0 Å². The molecule has 3 aromatic rings. The van der Waals surface area contributed by atoms with Gasteiger partial charge in [0.15, 0.2) is 5.60 Å². The van der Waals surface area contributed by atoms with Gasteiger partial charge in [-0.3, -0.25) is 0 Å². The van der Waals surface area contributed by atoms with E-state index >= 15 is 0 Å². The number of nitrogens with one attached hydrogen (secondary N) is 1. The molecule has 1 aliphatic carbocycles. The first kappa shape index (κ1) is 19.6. The second-order valence-corrected chi connectivity index (χ2v) is 8.36. The van der Waals surface area contributed by atoms with Crippen molar-refractivity contribution in [1.29, 1.82) is 0 Å². The average Bonchev–Trinajstić information content (AvgIpc) is 2.63. The smallest absolute Gasteiger partial charge is 0.419 e. The van der Waals surface area contributed by atoms with Crippen molar-refractivity contribution in [2.75, 3.05) is 5.32 Å². The van der Waals surface area contributed by atoms with Gasteiger partial charge in [0.2, 0.25) is 0 Å². The predicted molar refractivity (Wildman–Crippen MR) is 107 cm³/mol. The van der Waals surface area contributed by atoms with E-state index in [0.717, 1.165) is 10.8 Å². The first-order chi connectivity index (χ1) is 13.5. The number of benzene rings is 3. The number of anilines is 1. The van der Waals surface area contributed by atoms with E-state index in [1.165, 1.54) is 18.2 Å². The summed E-state index contributed by atoms with van der Waals surface area (Å²) in [6, 6.07) is 15.9. The predicted octanol–water partition coefficient (Wildman–Crippen LogP) is 5.67. The molecular weight excluding hydrogens is 379 g/mol. The van der Waals surface area contributed by atoms with Gasteiger partial charge in [-0.25, -0.2) is 0 Å². The van der Waals surface area contributed by atoms with Crippen LogP contribution in [0.5, 0.6) is 5.75 Å². The number of hydrogen-bond donors (Lipinski definition) is 3. The van der Waals surface area contributed by atoms with Crippen molar-refractivity contribution in [3.8, 4) is 5.75 Å². The zero-order valence-corrected chi connectivity index (χ0v) is 16.1. The fraction of sp³-hybridized carbons (Fsp3) is 0.304. The molecule has 29 heavy (non-hydrogen) atoms. The molecule has 3 N–H and O–H groups in total. The largest absolute Gasteiger partial charge is 0.508 e. The molecule has 3 aromatic carbocycles. The van der Waals surface area contributed by atoms with Crippen LogP contribution in [0.3, 0.4) is 0 Å². The molecule has 0 saturated carbocycles. The second-order valence-electron chi connectivity index (χ2n) is 8.36. The third kappa shape index (κ3) is 3.12. The monoisotopic (exact) mass is 401 g/mol. The zero-order valence-electron chi connectivity index (χ0n) is 16.1. The topological polar surface area (TPSA) is 52.5 Å². The van der Waals surface area contributed by atoms with Gasteiger partial charge in [-0.15, -0.1) is 0 Å². The minimum absolute atomic E-state index is 0.0676. The van der Waals surface area contributed by atoms with Crippen LogP contribution in [0.1, 0.15) is 37.4 Å². The van der Waals surface area contributed by atoms with E-state index < -0.39 is 29.7 Å². The number of hydrogen-bond acceptors (Lipinski definition) is 3. The number of phenols is 1. The van der Waals surface area contributed by atoms with Gasteiger partial charge in [0.05, 0.1) is 6.04 Å². The molecule has 4 rings (SSSR count). The standard InChI is InChI=1S/C23H22F3NO2/c1-21(2)13-22(29,23(24,25)26)20(17-8-5-9-18(28)19(17)21)27-16-11-10-14-6-3-4-7-15(14)12-16/h3-12,20,27-29H,13H2,1-2H3. The summed E-state index contributed by atoms with van der Waals surface area (Å²) in [6.45, 7) is 3.21. The molecule has 152 valence electrons. The lowest BCUT2D eigenvalue weighted by Gasteiger charge is -2.49. The summed E-state index contributed by atoms with van der Waals surface area (Å²) >= 11 is 0. The number of alkyl halides is 3. The Morgan fingerprint density at radius 1 is 0.966 bits per heavy atom. The number of halogens is 3. The maximum absolute atomic E-state index is 14.1. The Balaban J connectivity index is 1.88. The lowest BCUT2D eigenvalue weighted by Crippen LogP contribution is -2.58. The molecule has 0 amide bonds. The summed E-state index contributed by atoms with van der Waals surface area (Å²) in [6.07, 6.45) is -5.43. The minimum atomic E-state index is -4.86. The van der Waals surface area contributed by atoms with Gasteiger partial charge < -0.3 is 15.5 Å². The molecule has 1 aliphatic rings. The number of aromatic hydroxyl groups is 1. The van der Waals surface area contributed by atoms with Crippen molar-refractivity contribution < 1.29 is 23.4 Å². The molecule has 0 saturated heterocycles.